The SMILES string of the molecule is CCC(C)N(CCC(=O)Nc1sc2c(c1-c1nc3ccccc3s1)CCN(C1COC1)C2)C(=O)OCc1ccccc1.CCC(C)N(CCC(=O)Nc1sc2c(c1-c1nc3ccccc3s1)CCNC2)C(=O)OCc1ccccc1.Cl.O=C1COC1. The highest BCUT2D eigenvalue weighted by molar-refractivity contribution is 7.23. The number of anilines is 2. The lowest BCUT2D eigenvalue weighted by Gasteiger charge is -2.39. The van der Waals surface area contributed by atoms with Crippen molar-refractivity contribution in [1.29, 1.82) is 0 Å². The number of benzene rings is 4. The molecule has 0 saturated carbocycles. The van der Waals surface area contributed by atoms with Crippen LogP contribution in [0.5, 0.6) is 0 Å². The molecule has 2 saturated heterocycles. The van der Waals surface area contributed by atoms with Gasteiger partial charge in [0.2, 0.25) is 11.8 Å². The predicted molar refractivity (Wildman–Crippen MR) is 346 cm³/mol. The molecule has 2 atom stereocenters. The van der Waals surface area contributed by atoms with Gasteiger partial charge in [-0.2, -0.15) is 0 Å². The van der Waals surface area contributed by atoms with Crippen LogP contribution < -0.4 is 16.0 Å². The molecule has 0 bridgehead atoms. The largest absolute Gasteiger partial charge is 0.445 e. The number of ketones is 1. The number of rotatable bonds is 19. The highest BCUT2D eigenvalue weighted by Crippen LogP contribution is 2.47. The lowest BCUT2D eigenvalue weighted by molar-refractivity contribution is -0.140. The fourth-order valence-corrected chi connectivity index (χ4v) is 14.9. The summed E-state index contributed by atoms with van der Waals surface area (Å²) in [6, 6.07) is 35.9. The number of hydrogen-bond acceptors (Lipinski definition) is 17. The molecular formula is C64H73ClN8O9S4. The molecule has 4 aromatic heterocycles. The van der Waals surface area contributed by atoms with Crippen LogP contribution >= 0.6 is 57.8 Å². The van der Waals surface area contributed by atoms with Gasteiger partial charge in [-0.05, 0) is 92.6 Å². The molecule has 0 spiro atoms. The number of nitrogens with one attached hydrogen (secondary N) is 3. The zero-order chi connectivity index (χ0) is 59.2. The van der Waals surface area contributed by atoms with Crippen LogP contribution in [-0.2, 0) is 72.5 Å². The van der Waals surface area contributed by atoms with Gasteiger partial charge in [0.1, 0.15) is 46.4 Å². The van der Waals surface area contributed by atoms with E-state index in [-0.39, 0.29) is 81.2 Å². The first-order valence-corrected chi connectivity index (χ1v) is 32.4. The number of carbonyl (C=O) groups excluding carboxylic acids is 5. The van der Waals surface area contributed by atoms with E-state index in [0.717, 1.165) is 128 Å². The summed E-state index contributed by atoms with van der Waals surface area (Å²) in [4.78, 5) is 80.5. The Hall–Kier alpha value is -6.66. The summed E-state index contributed by atoms with van der Waals surface area (Å²) in [5.74, 6) is -0.0301. The van der Waals surface area contributed by atoms with Crippen molar-refractivity contribution >= 4 is 118 Å². The zero-order valence-corrected chi connectivity index (χ0v) is 52.9. The maximum absolute atomic E-state index is 13.4. The minimum Gasteiger partial charge on any atom is -0.445 e. The molecular weight excluding hydrogens is 1190 g/mol. The number of Topliss-reactive ketones (excluding diaryl/α,β-unsaturated/α-hetero) is 1. The average Bonchev–Trinajstić information content (AvgIpc) is 2.32. The molecule has 0 radical (unpaired) electrons. The molecule has 86 heavy (non-hydrogen) atoms. The zero-order valence-electron chi connectivity index (χ0n) is 48.8. The van der Waals surface area contributed by atoms with Gasteiger partial charge in [-0.15, -0.1) is 57.8 Å². The number of halogens is 1. The summed E-state index contributed by atoms with van der Waals surface area (Å²) in [5.41, 5.74) is 8.46. The second-order valence-electron chi connectivity index (χ2n) is 21.3. The first-order valence-electron chi connectivity index (χ1n) is 29.1. The van der Waals surface area contributed by atoms with E-state index in [9.17, 15) is 24.0 Å². The first kappa shape index (κ1) is 63.8. The van der Waals surface area contributed by atoms with Gasteiger partial charge in [0.15, 0.2) is 5.78 Å². The van der Waals surface area contributed by atoms with E-state index in [1.54, 1.807) is 55.1 Å². The van der Waals surface area contributed by atoms with Gasteiger partial charge in [0, 0.05) is 78.5 Å². The number of hydrogen-bond donors (Lipinski definition) is 3. The van der Waals surface area contributed by atoms with Crippen LogP contribution in [0.3, 0.4) is 0 Å². The Kier molecular flexibility index (Phi) is 22.9. The number of carbonyl (C=O) groups is 5. The maximum atomic E-state index is 13.4. The van der Waals surface area contributed by atoms with E-state index in [1.165, 1.54) is 20.9 Å². The van der Waals surface area contributed by atoms with Gasteiger partial charge < -0.3 is 44.7 Å². The predicted octanol–water partition coefficient (Wildman–Crippen LogP) is 13.0. The molecule has 4 aliphatic rings. The minimum absolute atomic E-state index is 0. The van der Waals surface area contributed by atoms with Crippen LogP contribution in [0.4, 0.5) is 19.6 Å². The number of nitrogens with zero attached hydrogens (tertiary/aromatic N) is 5. The molecule has 8 heterocycles. The minimum atomic E-state index is -0.400. The Bertz CT molecular complexity index is 3520. The number of aromatic nitrogens is 2. The Balaban J connectivity index is 0.000000188. The van der Waals surface area contributed by atoms with Gasteiger partial charge in [-0.1, -0.05) is 98.8 Å². The molecule has 2 unspecified atom stereocenters. The second kappa shape index (κ2) is 30.8. The molecule has 2 fully saturated rings. The van der Waals surface area contributed by atoms with E-state index >= 15 is 0 Å². The summed E-state index contributed by atoms with van der Waals surface area (Å²) in [6.07, 6.45) is 2.92. The van der Waals surface area contributed by atoms with Crippen LogP contribution in [-0.4, -0.2) is 125 Å². The van der Waals surface area contributed by atoms with Gasteiger partial charge in [0.05, 0.1) is 39.7 Å². The topological polar surface area (TPSA) is 194 Å². The van der Waals surface area contributed by atoms with Crippen molar-refractivity contribution in [3.63, 3.8) is 0 Å². The molecule has 4 amide bonds. The van der Waals surface area contributed by atoms with E-state index in [4.69, 9.17) is 24.2 Å². The Labute approximate surface area is 523 Å². The summed E-state index contributed by atoms with van der Waals surface area (Å²) >= 11 is 6.60. The molecule has 0 aliphatic carbocycles. The highest BCUT2D eigenvalue weighted by atomic mass is 35.5. The Morgan fingerprint density at radius 3 is 1.56 bits per heavy atom. The van der Waals surface area contributed by atoms with Crippen molar-refractivity contribution < 1.29 is 42.9 Å². The molecule has 4 aliphatic heterocycles. The fourth-order valence-electron chi connectivity index (χ4n) is 10.1. The number of thiophene rings is 2. The molecule has 454 valence electrons. The quantitative estimate of drug-likeness (QED) is 0.0693. The van der Waals surface area contributed by atoms with Crippen molar-refractivity contribution in [2.24, 2.45) is 0 Å². The highest BCUT2D eigenvalue weighted by Gasteiger charge is 2.34. The number of thiazole rings is 2. The summed E-state index contributed by atoms with van der Waals surface area (Å²) in [7, 11) is 0. The van der Waals surface area contributed by atoms with Crippen LogP contribution in [0.25, 0.3) is 41.6 Å². The normalized spacial score (nSPS) is 15.1. The first-order chi connectivity index (χ1) is 41.4. The lowest BCUT2D eigenvalue weighted by Crippen LogP contribution is -2.50. The van der Waals surface area contributed by atoms with Crippen LogP contribution in [0, 0.1) is 0 Å². The van der Waals surface area contributed by atoms with Crippen molar-refractivity contribution in [2.45, 2.75) is 111 Å². The van der Waals surface area contributed by atoms with E-state index in [1.807, 2.05) is 125 Å². The van der Waals surface area contributed by atoms with Crippen molar-refractivity contribution in [3.05, 3.63) is 141 Å². The smallest absolute Gasteiger partial charge is 0.410 e. The van der Waals surface area contributed by atoms with E-state index < -0.39 is 12.2 Å². The maximum Gasteiger partial charge on any atom is 0.410 e. The van der Waals surface area contributed by atoms with Crippen LogP contribution in [0.1, 0.15) is 85.4 Å². The Morgan fingerprint density at radius 2 is 1.12 bits per heavy atom. The molecule has 17 nitrogen and oxygen atoms in total. The number of para-hydroxylation sites is 2. The summed E-state index contributed by atoms with van der Waals surface area (Å²) < 4.78 is 23.4. The van der Waals surface area contributed by atoms with Crippen molar-refractivity contribution in [3.8, 4) is 21.1 Å². The third-order valence-corrected chi connectivity index (χ3v) is 19.9. The Morgan fingerprint density at radius 1 is 0.651 bits per heavy atom. The van der Waals surface area contributed by atoms with Gasteiger partial charge in [-0.25, -0.2) is 19.6 Å². The second-order valence-corrected chi connectivity index (χ2v) is 25.6. The van der Waals surface area contributed by atoms with E-state index in [0.29, 0.717) is 19.3 Å². The lowest BCUT2D eigenvalue weighted by atomic mass is 10.0. The van der Waals surface area contributed by atoms with Crippen molar-refractivity contribution in [2.75, 3.05) is 63.2 Å². The van der Waals surface area contributed by atoms with Crippen molar-refractivity contribution in [1.82, 2.24) is 30.0 Å². The summed E-state index contributed by atoms with van der Waals surface area (Å²) in [5, 5.41) is 13.4. The monoisotopic (exact) mass is 1260 g/mol. The van der Waals surface area contributed by atoms with Gasteiger partial charge in [-0.3, -0.25) is 19.3 Å². The third-order valence-electron chi connectivity index (χ3n) is 15.5. The fraction of sp³-hybridized carbons (Fsp3) is 0.391. The molecule has 22 heteroatoms. The average molecular weight is 1260 g/mol. The molecule has 12 rings (SSSR count). The van der Waals surface area contributed by atoms with E-state index in [2.05, 4.69) is 37.7 Å². The molecule has 4 aromatic carbocycles. The van der Waals surface area contributed by atoms with Gasteiger partial charge >= 0.3 is 12.2 Å². The molecule has 8 aromatic rings. The number of ether oxygens (including phenoxy) is 4. The summed E-state index contributed by atoms with van der Waals surface area (Å²) in [6.45, 7) is 14.8. The van der Waals surface area contributed by atoms with Crippen LogP contribution in [0.2, 0.25) is 0 Å². The molecule has 3 N–H and O–H groups in total. The standard InChI is InChI=1S/C32H36N4O4S2.C29H32N4O3S2.C3H4O2.ClH/c1-3-21(2)36(32(38)40-18-22-9-5-4-6-10-22)16-14-28(37)34-31-29(30-33-25-11-7-8-12-26(25)41-30)24-13-15-35(17-27(24)42-31)23-19-39-20-23;1-3-19(2)33(29(35)36-18-20-9-5-4-6-10-20)16-14-25(34)32-28-26(21-13-15-30-17-24(21)38-28)27-31-22-11-7-8-12-23(22)37-27;4-3-1-5-2-3;/h4-12,21,23H,3,13-20H2,1-2H3,(H,34,37);4-12,19,30H,3,13-18H2,1-2H3,(H,32,34);1-2H2;1H. The number of fused-ring (bicyclic) bond motifs is 4. The van der Waals surface area contributed by atoms with Gasteiger partial charge in [0.25, 0.3) is 0 Å². The number of amides is 4. The third kappa shape index (κ3) is 16.1. The van der Waals surface area contributed by atoms with Crippen LogP contribution in [0.15, 0.2) is 109 Å².